The first-order valence-electron chi connectivity index (χ1n) is 5.73. The third kappa shape index (κ3) is 1.56. The molecule has 0 N–H and O–H groups in total. The number of ketones is 1. The number of piperidine rings is 1. The van der Waals surface area contributed by atoms with E-state index < -0.39 is 0 Å². The zero-order valence-corrected chi connectivity index (χ0v) is 9.55. The molecule has 3 heterocycles. The van der Waals surface area contributed by atoms with Gasteiger partial charge in [-0.05, 0) is 19.1 Å². The minimum atomic E-state index is -0.297. The molecule has 4 heteroatoms. The quantitative estimate of drug-likeness (QED) is 0.723. The summed E-state index contributed by atoms with van der Waals surface area (Å²) in [6, 6.07) is 7.23. The van der Waals surface area contributed by atoms with Crippen molar-refractivity contribution in [2.75, 3.05) is 11.4 Å². The molecule has 3 aliphatic heterocycles. The average Bonchev–Trinajstić information content (AvgIpc) is 2.27. The van der Waals surface area contributed by atoms with Crippen molar-refractivity contribution >= 4 is 17.4 Å². The van der Waals surface area contributed by atoms with E-state index in [4.69, 9.17) is 4.74 Å². The van der Waals surface area contributed by atoms with Crippen LogP contribution in [0.3, 0.4) is 0 Å². The summed E-state index contributed by atoms with van der Waals surface area (Å²) >= 11 is 0. The lowest BCUT2D eigenvalue weighted by molar-refractivity contribution is -0.169. The van der Waals surface area contributed by atoms with Gasteiger partial charge in [0, 0.05) is 12.0 Å². The molecule has 2 atom stereocenters. The van der Waals surface area contributed by atoms with E-state index in [0.717, 1.165) is 6.42 Å². The third-order valence-corrected chi connectivity index (χ3v) is 3.34. The van der Waals surface area contributed by atoms with Gasteiger partial charge < -0.3 is 9.64 Å². The first-order chi connectivity index (χ1) is 8.16. The molecule has 1 aromatic rings. The van der Waals surface area contributed by atoms with Crippen LogP contribution in [-0.2, 0) is 9.53 Å². The summed E-state index contributed by atoms with van der Waals surface area (Å²) in [5.74, 6) is -0.0465. The number of carbonyl (C=O) groups excluding carboxylic acids is 2. The molecule has 0 saturated carbocycles. The fourth-order valence-corrected chi connectivity index (χ4v) is 2.43. The van der Waals surface area contributed by atoms with Gasteiger partial charge in [-0.25, -0.2) is 0 Å². The van der Waals surface area contributed by atoms with Gasteiger partial charge in [-0.2, -0.15) is 0 Å². The highest BCUT2D eigenvalue weighted by Gasteiger charge is 2.45. The van der Waals surface area contributed by atoms with Gasteiger partial charge in [-0.15, -0.1) is 0 Å². The Labute approximate surface area is 99.2 Å². The predicted octanol–water partition coefficient (Wildman–Crippen LogP) is 1.39. The molecule has 0 radical (unpaired) electrons. The van der Waals surface area contributed by atoms with Gasteiger partial charge in [0.15, 0.2) is 5.78 Å². The van der Waals surface area contributed by atoms with E-state index in [9.17, 15) is 9.59 Å². The van der Waals surface area contributed by atoms with Crippen LogP contribution in [0.4, 0.5) is 5.69 Å². The van der Waals surface area contributed by atoms with Crippen molar-refractivity contribution in [1.29, 1.82) is 0 Å². The number of fused-ring (bicyclic) bond motifs is 2. The second-order valence-corrected chi connectivity index (χ2v) is 4.50. The molecule has 4 nitrogen and oxygen atoms in total. The van der Waals surface area contributed by atoms with E-state index in [0.29, 0.717) is 17.8 Å². The van der Waals surface area contributed by atoms with Gasteiger partial charge in [0.25, 0.3) is 5.91 Å². The lowest BCUT2D eigenvalue weighted by atomic mass is 9.96. The number of benzene rings is 1. The number of morpholine rings is 1. The van der Waals surface area contributed by atoms with Gasteiger partial charge in [0.2, 0.25) is 0 Å². The van der Waals surface area contributed by atoms with Crippen molar-refractivity contribution in [3.05, 3.63) is 29.8 Å². The van der Waals surface area contributed by atoms with Crippen LogP contribution >= 0.6 is 0 Å². The van der Waals surface area contributed by atoms with E-state index in [2.05, 4.69) is 0 Å². The lowest BCUT2D eigenvalue weighted by Crippen LogP contribution is -2.61. The molecule has 4 rings (SSSR count). The molecular weight excluding hydrogens is 218 g/mol. The van der Waals surface area contributed by atoms with E-state index >= 15 is 0 Å². The van der Waals surface area contributed by atoms with E-state index in [1.54, 1.807) is 11.0 Å². The molecule has 0 spiro atoms. The summed E-state index contributed by atoms with van der Waals surface area (Å²) in [6.45, 7) is 2.07. The number of para-hydroxylation sites is 1. The van der Waals surface area contributed by atoms with Crippen LogP contribution in [0.1, 0.15) is 23.7 Å². The number of amides is 1. The van der Waals surface area contributed by atoms with Crippen molar-refractivity contribution in [3.8, 4) is 0 Å². The number of carbonyl (C=O) groups is 2. The first-order valence-corrected chi connectivity index (χ1v) is 5.73. The van der Waals surface area contributed by atoms with Crippen LogP contribution in [0.15, 0.2) is 24.3 Å². The molecule has 3 fully saturated rings. The summed E-state index contributed by atoms with van der Waals surface area (Å²) < 4.78 is 5.36. The van der Waals surface area contributed by atoms with Crippen molar-refractivity contribution in [2.45, 2.75) is 25.6 Å². The Morgan fingerprint density at radius 1 is 1.41 bits per heavy atom. The molecular formula is C13H13NO3. The number of Topliss-reactive ketones (excluding diaryl/α,β-unsaturated/α-hetero) is 1. The second-order valence-electron chi connectivity index (χ2n) is 4.50. The van der Waals surface area contributed by atoms with Crippen LogP contribution in [-0.4, -0.2) is 30.4 Å². The highest BCUT2D eigenvalue weighted by molar-refractivity contribution is 6.06. The molecule has 88 valence electrons. The van der Waals surface area contributed by atoms with Crippen LogP contribution in [0.5, 0.6) is 0 Å². The maximum absolute atomic E-state index is 12.0. The SMILES string of the molecule is CC(=O)c1ccccc1N1CC2CC(O2)C1=O. The Balaban J connectivity index is 1.99. The molecule has 2 bridgehead atoms. The Kier molecular flexibility index (Phi) is 2.26. The fraction of sp³-hybridized carbons (Fsp3) is 0.385. The summed E-state index contributed by atoms with van der Waals surface area (Å²) in [7, 11) is 0. The largest absolute Gasteiger partial charge is 0.363 e. The van der Waals surface area contributed by atoms with Gasteiger partial charge in [-0.3, -0.25) is 9.59 Å². The topological polar surface area (TPSA) is 46.6 Å². The zero-order chi connectivity index (χ0) is 12.0. The number of ether oxygens (including phenoxy) is 1. The summed E-state index contributed by atoms with van der Waals surface area (Å²) in [5.41, 5.74) is 1.31. The van der Waals surface area contributed by atoms with Crippen molar-refractivity contribution in [2.24, 2.45) is 0 Å². The van der Waals surface area contributed by atoms with Crippen LogP contribution in [0, 0.1) is 0 Å². The normalized spacial score (nSPS) is 26.6. The Bertz CT molecular complexity index is 491. The van der Waals surface area contributed by atoms with Crippen molar-refractivity contribution < 1.29 is 14.3 Å². The van der Waals surface area contributed by atoms with E-state index in [1.807, 2.05) is 18.2 Å². The van der Waals surface area contributed by atoms with E-state index in [1.165, 1.54) is 6.92 Å². The van der Waals surface area contributed by atoms with Crippen molar-refractivity contribution in [3.63, 3.8) is 0 Å². The maximum atomic E-state index is 12.0. The number of hydrogen-bond donors (Lipinski definition) is 0. The Morgan fingerprint density at radius 3 is 2.76 bits per heavy atom. The average molecular weight is 231 g/mol. The number of nitrogens with zero attached hydrogens (tertiary/aromatic N) is 1. The van der Waals surface area contributed by atoms with Gasteiger partial charge >= 0.3 is 0 Å². The zero-order valence-electron chi connectivity index (χ0n) is 9.55. The predicted molar refractivity (Wildman–Crippen MR) is 62.1 cm³/mol. The van der Waals surface area contributed by atoms with Gasteiger partial charge in [0.1, 0.15) is 6.10 Å². The summed E-state index contributed by atoms with van der Waals surface area (Å²) in [4.78, 5) is 25.2. The molecule has 1 amide bonds. The molecule has 3 saturated heterocycles. The lowest BCUT2D eigenvalue weighted by Gasteiger charge is -2.46. The molecule has 17 heavy (non-hydrogen) atoms. The minimum absolute atomic E-state index is 0.0198. The first kappa shape index (κ1) is 10.5. The standard InChI is InChI=1S/C13H13NO3/c1-8(15)10-4-2-3-5-11(10)14-7-9-6-12(17-9)13(14)16/h2-5,9,12H,6-7H2,1H3. The third-order valence-electron chi connectivity index (χ3n) is 3.34. The van der Waals surface area contributed by atoms with Gasteiger partial charge in [0.05, 0.1) is 18.3 Å². The highest BCUT2D eigenvalue weighted by Crippen LogP contribution is 2.33. The van der Waals surface area contributed by atoms with Gasteiger partial charge in [-0.1, -0.05) is 12.1 Å². The molecule has 1 aromatic carbocycles. The Morgan fingerprint density at radius 2 is 2.12 bits per heavy atom. The van der Waals surface area contributed by atoms with Crippen LogP contribution in [0.2, 0.25) is 0 Å². The Hall–Kier alpha value is -1.68. The molecule has 3 aliphatic rings. The fourth-order valence-electron chi connectivity index (χ4n) is 2.43. The summed E-state index contributed by atoms with van der Waals surface area (Å²) in [6.07, 6.45) is 0.656. The number of hydrogen-bond acceptors (Lipinski definition) is 3. The maximum Gasteiger partial charge on any atom is 0.256 e. The number of anilines is 1. The minimum Gasteiger partial charge on any atom is -0.363 e. The smallest absolute Gasteiger partial charge is 0.256 e. The highest BCUT2D eigenvalue weighted by atomic mass is 16.5. The van der Waals surface area contributed by atoms with Crippen LogP contribution < -0.4 is 4.90 Å². The summed E-state index contributed by atoms with van der Waals surface area (Å²) in [5, 5.41) is 0. The molecule has 2 unspecified atom stereocenters. The molecule has 0 aromatic heterocycles. The van der Waals surface area contributed by atoms with Crippen LogP contribution in [0.25, 0.3) is 0 Å². The second kappa shape index (κ2) is 3.67. The van der Waals surface area contributed by atoms with E-state index in [-0.39, 0.29) is 23.9 Å². The van der Waals surface area contributed by atoms with Crippen molar-refractivity contribution in [1.82, 2.24) is 0 Å². The number of rotatable bonds is 2. The monoisotopic (exact) mass is 231 g/mol. The molecule has 0 aliphatic carbocycles.